The van der Waals surface area contributed by atoms with Crippen LogP contribution in [0.5, 0.6) is 0 Å². The highest BCUT2D eigenvalue weighted by molar-refractivity contribution is 5.72. The van der Waals surface area contributed by atoms with E-state index in [-0.39, 0.29) is 6.61 Å². The molecule has 2 nitrogen and oxygen atoms in total. The van der Waals surface area contributed by atoms with Gasteiger partial charge in [-0.15, -0.1) is 0 Å². The number of halogens is 2. The first-order valence-electron chi connectivity index (χ1n) is 5.11. The second-order valence-corrected chi connectivity index (χ2v) is 4.37. The number of rotatable bonds is 3. The molecule has 4 heteroatoms. The first kappa shape index (κ1) is 9.87. The molecule has 3 atom stereocenters. The molecule has 0 heterocycles. The number of carbonyl (C=O) groups is 1. The molecule has 0 radical (unpaired) electrons. The largest absolute Gasteiger partial charge is 0.461 e. The van der Waals surface area contributed by atoms with Gasteiger partial charge in [0.2, 0.25) is 0 Å². The van der Waals surface area contributed by atoms with Crippen molar-refractivity contribution in [3.05, 3.63) is 0 Å². The van der Waals surface area contributed by atoms with Crippen LogP contribution >= 0.6 is 0 Å². The second kappa shape index (κ2) is 3.83. The summed E-state index contributed by atoms with van der Waals surface area (Å²) in [4.78, 5) is 10.5. The van der Waals surface area contributed by atoms with Gasteiger partial charge in [-0.25, -0.2) is 4.79 Å². The Hall–Kier alpha value is -0.670. The average molecular weight is 204 g/mol. The zero-order valence-corrected chi connectivity index (χ0v) is 7.92. The average Bonchev–Trinajstić information content (AvgIpc) is 2.74. The lowest BCUT2D eigenvalue weighted by Gasteiger charge is -2.20. The van der Waals surface area contributed by atoms with Crippen LogP contribution in [0, 0.1) is 17.8 Å². The standard InChI is InChI=1S/C10H14F2O2/c11-9(12)10(13)14-5-8-4-6-1-2-7(8)3-6/h6-9H,1-5H2. The summed E-state index contributed by atoms with van der Waals surface area (Å²) in [6.45, 7) is 0.199. The zero-order valence-electron chi connectivity index (χ0n) is 7.92. The van der Waals surface area contributed by atoms with Crippen LogP contribution in [0.25, 0.3) is 0 Å². The van der Waals surface area contributed by atoms with Crippen molar-refractivity contribution >= 4 is 5.97 Å². The number of alkyl halides is 2. The number of hydrogen-bond donors (Lipinski definition) is 0. The smallest absolute Gasteiger partial charge is 0.373 e. The highest BCUT2D eigenvalue weighted by Gasteiger charge is 2.40. The highest BCUT2D eigenvalue weighted by atomic mass is 19.3. The third-order valence-corrected chi connectivity index (χ3v) is 3.50. The molecule has 2 saturated carbocycles. The van der Waals surface area contributed by atoms with E-state index in [4.69, 9.17) is 0 Å². The fraction of sp³-hybridized carbons (Fsp3) is 0.900. The lowest BCUT2D eigenvalue weighted by atomic mass is 9.90. The SMILES string of the molecule is O=C(OCC1CC2CCC1C2)C(F)F. The minimum atomic E-state index is -2.98. The summed E-state index contributed by atoms with van der Waals surface area (Å²) in [6, 6.07) is 0. The van der Waals surface area contributed by atoms with Crippen LogP contribution in [0.15, 0.2) is 0 Å². The van der Waals surface area contributed by atoms with Crippen molar-refractivity contribution < 1.29 is 18.3 Å². The molecule has 2 fully saturated rings. The van der Waals surface area contributed by atoms with Gasteiger partial charge in [-0.1, -0.05) is 6.42 Å². The van der Waals surface area contributed by atoms with Gasteiger partial charge in [0.25, 0.3) is 0 Å². The Morgan fingerprint density at radius 3 is 2.64 bits per heavy atom. The van der Waals surface area contributed by atoms with Crippen LogP contribution in [0.3, 0.4) is 0 Å². The van der Waals surface area contributed by atoms with Gasteiger partial charge in [-0.2, -0.15) is 8.78 Å². The van der Waals surface area contributed by atoms with Gasteiger partial charge in [0, 0.05) is 0 Å². The molecule has 2 aliphatic carbocycles. The number of fused-ring (bicyclic) bond motifs is 2. The van der Waals surface area contributed by atoms with E-state index in [1.165, 1.54) is 19.3 Å². The van der Waals surface area contributed by atoms with Crippen molar-refractivity contribution in [2.75, 3.05) is 6.61 Å². The fourth-order valence-corrected chi connectivity index (χ4v) is 2.83. The van der Waals surface area contributed by atoms with Crippen LogP contribution in [0.4, 0.5) is 8.78 Å². The number of ether oxygens (including phenoxy) is 1. The third kappa shape index (κ3) is 1.88. The maximum atomic E-state index is 11.8. The molecule has 0 aliphatic heterocycles. The minimum Gasteiger partial charge on any atom is -0.461 e. The quantitative estimate of drug-likeness (QED) is 0.659. The van der Waals surface area contributed by atoms with Crippen LogP contribution in [-0.2, 0) is 9.53 Å². The maximum Gasteiger partial charge on any atom is 0.373 e. The Bertz CT molecular complexity index is 230. The minimum absolute atomic E-state index is 0.199. The Kier molecular flexibility index (Phi) is 2.70. The van der Waals surface area contributed by atoms with Crippen LogP contribution in [0.2, 0.25) is 0 Å². The van der Waals surface area contributed by atoms with Crippen molar-refractivity contribution in [3.8, 4) is 0 Å². The number of carbonyl (C=O) groups excluding carboxylic acids is 1. The third-order valence-electron chi connectivity index (χ3n) is 3.50. The van der Waals surface area contributed by atoms with E-state index < -0.39 is 12.4 Å². The van der Waals surface area contributed by atoms with E-state index in [0.717, 1.165) is 12.3 Å². The highest BCUT2D eigenvalue weighted by Crippen LogP contribution is 2.48. The monoisotopic (exact) mass is 204 g/mol. The summed E-state index contributed by atoms with van der Waals surface area (Å²) in [5, 5.41) is 0. The summed E-state index contributed by atoms with van der Waals surface area (Å²) in [5.74, 6) is 0.352. The first-order valence-corrected chi connectivity index (χ1v) is 5.11. The molecule has 2 bridgehead atoms. The summed E-state index contributed by atoms with van der Waals surface area (Å²) >= 11 is 0. The van der Waals surface area contributed by atoms with Crippen molar-refractivity contribution in [3.63, 3.8) is 0 Å². The summed E-state index contributed by atoms with van der Waals surface area (Å²) < 4.78 is 28.2. The lowest BCUT2D eigenvalue weighted by molar-refractivity contribution is -0.158. The van der Waals surface area contributed by atoms with E-state index >= 15 is 0 Å². The Morgan fingerprint density at radius 2 is 2.14 bits per heavy atom. The van der Waals surface area contributed by atoms with Gasteiger partial charge in [-0.05, 0) is 37.0 Å². The van der Waals surface area contributed by atoms with Crippen molar-refractivity contribution in [2.24, 2.45) is 17.8 Å². The molecule has 14 heavy (non-hydrogen) atoms. The van der Waals surface area contributed by atoms with Crippen LogP contribution < -0.4 is 0 Å². The van der Waals surface area contributed by atoms with Gasteiger partial charge < -0.3 is 4.74 Å². The summed E-state index contributed by atoms with van der Waals surface area (Å²) in [5.41, 5.74) is 0. The normalized spacial score (nSPS) is 35.2. The Morgan fingerprint density at radius 1 is 1.36 bits per heavy atom. The molecule has 0 saturated heterocycles. The predicted octanol–water partition coefficient (Wildman–Crippen LogP) is 2.23. The summed E-state index contributed by atoms with van der Waals surface area (Å²) in [7, 11) is 0. The Balaban J connectivity index is 1.74. The van der Waals surface area contributed by atoms with Crippen molar-refractivity contribution in [2.45, 2.75) is 32.1 Å². The molecule has 0 aromatic carbocycles. The van der Waals surface area contributed by atoms with E-state index in [2.05, 4.69) is 4.74 Å². The zero-order chi connectivity index (χ0) is 10.1. The summed E-state index contributed by atoms with van der Waals surface area (Å²) in [6.07, 6.45) is 1.73. The maximum absolute atomic E-state index is 11.8. The molecule has 0 aromatic rings. The van der Waals surface area contributed by atoms with Crippen LogP contribution in [-0.4, -0.2) is 19.0 Å². The van der Waals surface area contributed by atoms with E-state index in [9.17, 15) is 13.6 Å². The Labute approximate surface area is 81.6 Å². The van der Waals surface area contributed by atoms with Crippen molar-refractivity contribution in [1.82, 2.24) is 0 Å². The van der Waals surface area contributed by atoms with E-state index in [0.29, 0.717) is 11.8 Å². The molecule has 0 spiro atoms. The molecule has 2 rings (SSSR count). The fourth-order valence-electron chi connectivity index (χ4n) is 2.83. The van der Waals surface area contributed by atoms with Gasteiger partial charge in [0.15, 0.2) is 0 Å². The molecule has 0 amide bonds. The first-order chi connectivity index (χ1) is 6.66. The molecular weight excluding hydrogens is 190 g/mol. The molecule has 0 aromatic heterocycles. The van der Waals surface area contributed by atoms with Gasteiger partial charge in [0.1, 0.15) is 0 Å². The molecule has 80 valence electrons. The lowest BCUT2D eigenvalue weighted by Crippen LogP contribution is -2.22. The molecular formula is C10H14F2O2. The number of esters is 1. The molecule has 3 unspecified atom stereocenters. The van der Waals surface area contributed by atoms with E-state index in [1.807, 2.05) is 0 Å². The van der Waals surface area contributed by atoms with E-state index in [1.54, 1.807) is 0 Å². The molecule has 0 N–H and O–H groups in total. The topological polar surface area (TPSA) is 26.3 Å². The predicted molar refractivity (Wildman–Crippen MR) is 45.9 cm³/mol. The molecule has 2 aliphatic rings. The van der Waals surface area contributed by atoms with Gasteiger partial charge in [0.05, 0.1) is 6.61 Å². The second-order valence-electron chi connectivity index (χ2n) is 4.37. The van der Waals surface area contributed by atoms with Crippen molar-refractivity contribution in [1.29, 1.82) is 0 Å². The van der Waals surface area contributed by atoms with Gasteiger partial charge in [-0.3, -0.25) is 0 Å². The van der Waals surface area contributed by atoms with Crippen LogP contribution in [0.1, 0.15) is 25.7 Å². The van der Waals surface area contributed by atoms with Gasteiger partial charge >= 0.3 is 12.4 Å². The number of hydrogen-bond acceptors (Lipinski definition) is 2.